The molecule has 0 unspecified atom stereocenters. The first-order chi connectivity index (χ1) is 18.7. The highest BCUT2D eigenvalue weighted by Gasteiger charge is 2.20. The van der Waals surface area contributed by atoms with Crippen LogP contribution in [0.2, 0.25) is 0 Å². The van der Waals surface area contributed by atoms with Crippen LogP contribution in [0.5, 0.6) is 0 Å². The van der Waals surface area contributed by atoms with Gasteiger partial charge in [0.15, 0.2) is 0 Å². The number of nitrogens with zero attached hydrogens (tertiary/aromatic N) is 7. The van der Waals surface area contributed by atoms with Crippen LogP contribution in [0, 0.1) is 6.92 Å². The van der Waals surface area contributed by atoms with Crippen LogP contribution >= 0.6 is 0 Å². The highest BCUT2D eigenvalue weighted by Crippen LogP contribution is 2.24. The number of hydrogen-bond acceptors (Lipinski definition) is 7. The highest BCUT2D eigenvalue weighted by molar-refractivity contribution is 5.99. The van der Waals surface area contributed by atoms with E-state index in [2.05, 4.69) is 86.5 Å². The Bertz CT molecular complexity index is 1380. The molecule has 6 rings (SSSR count). The van der Waals surface area contributed by atoms with Gasteiger partial charge in [-0.3, -0.25) is 0 Å². The summed E-state index contributed by atoms with van der Waals surface area (Å²) in [5, 5.41) is 5.77. The molecule has 2 saturated heterocycles. The summed E-state index contributed by atoms with van der Waals surface area (Å²) in [4.78, 5) is 19.0. The second kappa shape index (κ2) is 11.2. The lowest BCUT2D eigenvalue weighted by Crippen LogP contribution is -2.34. The zero-order chi connectivity index (χ0) is 25.7. The van der Waals surface area contributed by atoms with Crippen LogP contribution in [0.4, 0.5) is 17.8 Å². The molecular formula is C30H36N8. The van der Waals surface area contributed by atoms with Crippen LogP contribution in [-0.4, -0.2) is 51.9 Å². The van der Waals surface area contributed by atoms with Crippen molar-refractivity contribution in [1.29, 1.82) is 0 Å². The van der Waals surface area contributed by atoms with Gasteiger partial charge in [0.1, 0.15) is 0 Å². The van der Waals surface area contributed by atoms with Gasteiger partial charge in [0, 0.05) is 55.4 Å². The lowest BCUT2D eigenvalue weighted by atomic mass is 10.1. The van der Waals surface area contributed by atoms with E-state index in [0.29, 0.717) is 5.95 Å². The van der Waals surface area contributed by atoms with Crippen LogP contribution in [-0.2, 0) is 6.54 Å². The summed E-state index contributed by atoms with van der Waals surface area (Å²) in [6.45, 7) is 6.96. The van der Waals surface area contributed by atoms with Crippen molar-refractivity contribution in [2.75, 3.05) is 41.4 Å². The van der Waals surface area contributed by atoms with E-state index in [-0.39, 0.29) is 0 Å². The standard InChI is InChI=1S/C30H36N8/c1-23-12-4-5-13-24(23)21-38-22-25(26-14-6-7-15-27(26)38)20-31-35-28-32-29(36-16-8-2-9-17-36)34-30(33-28)37-18-10-3-11-19-37/h4-7,12-15,20,22H,2-3,8-11,16-19,21H2,1H3,(H,32,33,34,35)/b31-20+. The van der Waals surface area contributed by atoms with Gasteiger partial charge in [-0.15, -0.1) is 0 Å². The summed E-state index contributed by atoms with van der Waals surface area (Å²) in [5.74, 6) is 2.02. The molecule has 0 spiro atoms. The van der Waals surface area contributed by atoms with Crippen LogP contribution < -0.4 is 15.2 Å². The van der Waals surface area contributed by atoms with E-state index in [0.717, 1.165) is 50.2 Å². The SMILES string of the molecule is Cc1ccccc1Cn1cc(/C=N/Nc2nc(N3CCCCC3)nc(N3CCCCC3)n2)c2ccccc21. The van der Waals surface area contributed by atoms with Crippen molar-refractivity contribution in [2.24, 2.45) is 5.10 Å². The van der Waals surface area contributed by atoms with Gasteiger partial charge in [-0.05, 0) is 62.6 Å². The number of benzene rings is 2. The van der Waals surface area contributed by atoms with Gasteiger partial charge in [0.05, 0.1) is 6.21 Å². The quantitative estimate of drug-likeness (QED) is 0.258. The highest BCUT2D eigenvalue weighted by atomic mass is 15.4. The third-order valence-corrected chi connectivity index (χ3v) is 7.68. The van der Waals surface area contributed by atoms with Crippen molar-refractivity contribution < 1.29 is 0 Å². The average Bonchev–Trinajstić information content (AvgIpc) is 3.32. The fourth-order valence-electron chi connectivity index (χ4n) is 5.51. The molecule has 2 aromatic heterocycles. The molecule has 1 N–H and O–H groups in total. The minimum absolute atomic E-state index is 0.501. The molecule has 0 bridgehead atoms. The van der Waals surface area contributed by atoms with Gasteiger partial charge in [-0.2, -0.15) is 20.1 Å². The average molecular weight is 509 g/mol. The summed E-state index contributed by atoms with van der Waals surface area (Å²) >= 11 is 0. The normalized spacial score (nSPS) is 16.4. The number of para-hydroxylation sites is 1. The lowest BCUT2D eigenvalue weighted by molar-refractivity contribution is 0.556. The van der Waals surface area contributed by atoms with E-state index in [1.54, 1.807) is 0 Å². The van der Waals surface area contributed by atoms with Crippen molar-refractivity contribution in [2.45, 2.75) is 52.0 Å². The maximum atomic E-state index is 4.87. The number of rotatable bonds is 7. The zero-order valence-electron chi connectivity index (χ0n) is 22.2. The second-order valence-electron chi connectivity index (χ2n) is 10.4. The number of aryl methyl sites for hydroxylation is 1. The summed E-state index contributed by atoms with van der Waals surface area (Å²) in [6.07, 6.45) is 11.3. The number of aromatic nitrogens is 4. The molecular weight excluding hydrogens is 472 g/mol. The van der Waals surface area contributed by atoms with Gasteiger partial charge in [-0.25, -0.2) is 5.43 Å². The first-order valence-corrected chi connectivity index (χ1v) is 13.9. The largest absolute Gasteiger partial charge is 0.342 e. The van der Waals surface area contributed by atoms with Gasteiger partial charge in [0.25, 0.3) is 0 Å². The zero-order valence-corrected chi connectivity index (χ0v) is 22.2. The third kappa shape index (κ3) is 5.35. The summed E-state index contributed by atoms with van der Waals surface area (Å²) in [5.41, 5.74) is 7.99. The van der Waals surface area contributed by atoms with Gasteiger partial charge < -0.3 is 14.4 Å². The molecule has 196 valence electrons. The summed E-state index contributed by atoms with van der Waals surface area (Å²) < 4.78 is 2.30. The minimum atomic E-state index is 0.501. The van der Waals surface area contributed by atoms with E-state index < -0.39 is 0 Å². The molecule has 38 heavy (non-hydrogen) atoms. The Morgan fingerprint density at radius 2 is 1.42 bits per heavy atom. The molecule has 0 saturated carbocycles. The van der Waals surface area contributed by atoms with E-state index in [9.17, 15) is 0 Å². The number of anilines is 3. The number of fused-ring (bicyclic) bond motifs is 1. The molecule has 2 aromatic carbocycles. The molecule has 0 aliphatic carbocycles. The molecule has 2 aliphatic rings. The maximum absolute atomic E-state index is 4.87. The van der Waals surface area contributed by atoms with Crippen molar-refractivity contribution >= 4 is 35.0 Å². The fourth-order valence-corrected chi connectivity index (χ4v) is 5.51. The molecule has 8 nitrogen and oxygen atoms in total. The Labute approximate surface area is 224 Å². The third-order valence-electron chi connectivity index (χ3n) is 7.68. The molecule has 4 aromatic rings. The van der Waals surface area contributed by atoms with Gasteiger partial charge in [-0.1, -0.05) is 42.5 Å². The monoisotopic (exact) mass is 508 g/mol. The van der Waals surface area contributed by atoms with Gasteiger partial charge in [0.2, 0.25) is 17.8 Å². The van der Waals surface area contributed by atoms with Gasteiger partial charge >= 0.3 is 0 Å². The lowest BCUT2D eigenvalue weighted by Gasteiger charge is -2.30. The van der Waals surface area contributed by atoms with E-state index in [1.807, 2.05) is 6.21 Å². The Hall–Kier alpha value is -3.94. The molecule has 4 heterocycles. The Morgan fingerprint density at radius 1 is 0.789 bits per heavy atom. The fraction of sp³-hybridized carbons (Fsp3) is 0.400. The van der Waals surface area contributed by atoms with Crippen LogP contribution in [0.1, 0.15) is 55.2 Å². The number of piperidine rings is 2. The van der Waals surface area contributed by atoms with Crippen LogP contribution in [0.15, 0.2) is 59.8 Å². The number of hydrazone groups is 1. The molecule has 2 aliphatic heterocycles. The van der Waals surface area contributed by atoms with Crippen LogP contribution in [0.25, 0.3) is 10.9 Å². The Kier molecular flexibility index (Phi) is 7.20. The Balaban J connectivity index is 1.26. The predicted octanol–water partition coefficient (Wildman–Crippen LogP) is 5.61. The number of nitrogens with one attached hydrogen (secondary N) is 1. The van der Waals surface area contributed by atoms with Crippen molar-refractivity contribution in [3.63, 3.8) is 0 Å². The van der Waals surface area contributed by atoms with Crippen molar-refractivity contribution in [3.8, 4) is 0 Å². The molecule has 0 amide bonds. The van der Waals surface area contributed by atoms with E-state index >= 15 is 0 Å². The predicted molar refractivity (Wildman–Crippen MR) is 155 cm³/mol. The first kappa shape index (κ1) is 24.4. The Morgan fingerprint density at radius 3 is 2.11 bits per heavy atom. The first-order valence-electron chi connectivity index (χ1n) is 13.9. The summed E-state index contributed by atoms with van der Waals surface area (Å²) in [7, 11) is 0. The van der Waals surface area contributed by atoms with Crippen molar-refractivity contribution in [1.82, 2.24) is 19.5 Å². The maximum Gasteiger partial charge on any atom is 0.250 e. The number of hydrogen-bond donors (Lipinski definition) is 1. The minimum Gasteiger partial charge on any atom is -0.342 e. The van der Waals surface area contributed by atoms with Crippen LogP contribution in [0.3, 0.4) is 0 Å². The topological polar surface area (TPSA) is 74.5 Å². The molecule has 0 atom stereocenters. The summed E-state index contributed by atoms with van der Waals surface area (Å²) in [6, 6.07) is 17.0. The van der Waals surface area contributed by atoms with E-state index in [1.165, 1.54) is 60.6 Å². The molecule has 8 heteroatoms. The molecule has 0 radical (unpaired) electrons. The van der Waals surface area contributed by atoms with E-state index in [4.69, 9.17) is 15.0 Å². The smallest absolute Gasteiger partial charge is 0.250 e. The molecule has 2 fully saturated rings. The second-order valence-corrected chi connectivity index (χ2v) is 10.4. The van der Waals surface area contributed by atoms with Crippen molar-refractivity contribution in [3.05, 3.63) is 71.4 Å².